The molecule has 1 aliphatic heterocycles. The van der Waals surface area contributed by atoms with Crippen molar-refractivity contribution in [2.24, 2.45) is 5.92 Å². The number of carbonyl (C=O) groups is 2. The van der Waals surface area contributed by atoms with Crippen LogP contribution in [-0.2, 0) is 14.3 Å². The summed E-state index contributed by atoms with van der Waals surface area (Å²) in [6.07, 6.45) is 0.864. The largest absolute Gasteiger partial charge is 0.380 e. The summed E-state index contributed by atoms with van der Waals surface area (Å²) in [7, 11) is 0. The minimum atomic E-state index is 0.0649. The minimum absolute atomic E-state index is 0.0649. The lowest BCUT2D eigenvalue weighted by molar-refractivity contribution is -0.134. The molecule has 1 saturated heterocycles. The van der Waals surface area contributed by atoms with Crippen molar-refractivity contribution in [2.45, 2.75) is 33.6 Å². The molecule has 0 N–H and O–H groups in total. The van der Waals surface area contributed by atoms with Crippen molar-refractivity contribution in [3.05, 3.63) is 0 Å². The molecule has 1 fully saturated rings. The van der Waals surface area contributed by atoms with Crippen LogP contribution in [0.15, 0.2) is 0 Å². The van der Waals surface area contributed by atoms with Crippen molar-refractivity contribution in [2.75, 3.05) is 45.9 Å². The zero-order valence-corrected chi connectivity index (χ0v) is 13.1. The van der Waals surface area contributed by atoms with Gasteiger partial charge in [0, 0.05) is 38.5 Å². The average Bonchev–Trinajstić information content (AvgIpc) is 2.46. The first kappa shape index (κ1) is 17.1. The van der Waals surface area contributed by atoms with Gasteiger partial charge in [0.2, 0.25) is 5.91 Å². The second-order valence-electron chi connectivity index (χ2n) is 5.55. The number of rotatable bonds is 8. The number of amides is 1. The lowest BCUT2D eigenvalue weighted by Crippen LogP contribution is -2.48. The van der Waals surface area contributed by atoms with Gasteiger partial charge in [-0.3, -0.25) is 9.59 Å². The molecule has 5 heteroatoms. The van der Waals surface area contributed by atoms with Crippen LogP contribution >= 0.6 is 0 Å². The molecule has 0 spiro atoms. The van der Waals surface area contributed by atoms with Crippen LogP contribution in [0, 0.1) is 5.92 Å². The highest BCUT2D eigenvalue weighted by molar-refractivity contribution is 5.80. The van der Waals surface area contributed by atoms with Crippen LogP contribution in [0.3, 0.4) is 0 Å². The molecule has 0 bridgehead atoms. The number of likely N-dealkylation sites (N-methyl/N-ethyl adjacent to an activating group) is 1. The Hall–Kier alpha value is -0.940. The third-order valence-corrected chi connectivity index (χ3v) is 3.77. The third kappa shape index (κ3) is 6.01. The van der Waals surface area contributed by atoms with E-state index in [1.54, 1.807) is 0 Å². The molecular weight excluding hydrogens is 256 g/mol. The summed E-state index contributed by atoms with van der Waals surface area (Å²) in [4.78, 5) is 27.6. The van der Waals surface area contributed by atoms with Gasteiger partial charge in [-0.25, -0.2) is 0 Å². The van der Waals surface area contributed by atoms with Crippen LogP contribution in [0.2, 0.25) is 0 Å². The number of ether oxygens (including phenoxy) is 1. The average molecular weight is 284 g/mol. The number of ketones is 1. The second-order valence-corrected chi connectivity index (χ2v) is 5.55. The van der Waals surface area contributed by atoms with E-state index in [4.69, 9.17) is 4.74 Å². The summed E-state index contributed by atoms with van der Waals surface area (Å²) >= 11 is 0. The van der Waals surface area contributed by atoms with Crippen LogP contribution < -0.4 is 0 Å². The molecule has 0 aromatic rings. The smallest absolute Gasteiger partial charge is 0.224 e. The monoisotopic (exact) mass is 284 g/mol. The predicted molar refractivity (Wildman–Crippen MR) is 78.6 cm³/mol. The molecule has 5 nitrogen and oxygen atoms in total. The Morgan fingerprint density at radius 2 is 1.65 bits per heavy atom. The van der Waals surface area contributed by atoms with Crippen LogP contribution in [-0.4, -0.2) is 67.4 Å². The van der Waals surface area contributed by atoms with E-state index in [0.29, 0.717) is 26.1 Å². The lowest BCUT2D eigenvalue weighted by Gasteiger charge is -2.34. The summed E-state index contributed by atoms with van der Waals surface area (Å²) in [5.41, 5.74) is 0. The van der Waals surface area contributed by atoms with Gasteiger partial charge in [-0.05, 0) is 6.54 Å². The van der Waals surface area contributed by atoms with E-state index in [1.165, 1.54) is 0 Å². The van der Waals surface area contributed by atoms with E-state index in [2.05, 4.69) is 11.8 Å². The standard InChI is InChI=1S/C15H28N2O3/c1-4-16-7-9-17(10-8-16)15(19)6-12-20-11-5-14(18)13(2)3/h13H,4-12H2,1-3H3. The maximum absolute atomic E-state index is 12.0. The topological polar surface area (TPSA) is 49.9 Å². The minimum Gasteiger partial charge on any atom is -0.380 e. The highest BCUT2D eigenvalue weighted by Crippen LogP contribution is 2.04. The molecule has 0 aromatic heterocycles. The van der Waals surface area contributed by atoms with Crippen LogP contribution in [0.25, 0.3) is 0 Å². The summed E-state index contributed by atoms with van der Waals surface area (Å²) < 4.78 is 5.38. The Bertz CT molecular complexity index is 310. The van der Waals surface area contributed by atoms with Crippen molar-refractivity contribution in [3.8, 4) is 0 Å². The first-order valence-corrected chi connectivity index (χ1v) is 7.65. The zero-order chi connectivity index (χ0) is 15.0. The molecule has 1 heterocycles. The number of hydrogen-bond donors (Lipinski definition) is 0. The Balaban J connectivity index is 2.07. The van der Waals surface area contributed by atoms with Gasteiger partial charge in [-0.1, -0.05) is 20.8 Å². The van der Waals surface area contributed by atoms with Gasteiger partial charge >= 0.3 is 0 Å². The zero-order valence-electron chi connectivity index (χ0n) is 13.1. The Kier molecular flexibility index (Phi) is 7.77. The fourth-order valence-electron chi connectivity index (χ4n) is 2.19. The maximum atomic E-state index is 12.0. The summed E-state index contributed by atoms with van der Waals surface area (Å²) in [5.74, 6) is 0.443. The lowest BCUT2D eigenvalue weighted by atomic mass is 10.1. The van der Waals surface area contributed by atoms with E-state index in [0.717, 1.165) is 32.7 Å². The Morgan fingerprint density at radius 1 is 1.05 bits per heavy atom. The van der Waals surface area contributed by atoms with Crippen LogP contribution in [0.1, 0.15) is 33.6 Å². The van der Waals surface area contributed by atoms with Gasteiger partial charge in [0.15, 0.2) is 0 Å². The number of piperazine rings is 1. The van der Waals surface area contributed by atoms with Gasteiger partial charge in [-0.15, -0.1) is 0 Å². The fraction of sp³-hybridized carbons (Fsp3) is 0.867. The molecule has 0 unspecified atom stereocenters. The van der Waals surface area contributed by atoms with Crippen molar-refractivity contribution in [1.29, 1.82) is 0 Å². The van der Waals surface area contributed by atoms with Crippen molar-refractivity contribution in [3.63, 3.8) is 0 Å². The van der Waals surface area contributed by atoms with Gasteiger partial charge < -0.3 is 14.5 Å². The maximum Gasteiger partial charge on any atom is 0.224 e. The first-order valence-electron chi connectivity index (χ1n) is 7.65. The predicted octanol–water partition coefficient (Wildman–Crippen LogP) is 1.17. The van der Waals surface area contributed by atoms with Crippen molar-refractivity contribution in [1.82, 2.24) is 9.80 Å². The van der Waals surface area contributed by atoms with Crippen molar-refractivity contribution < 1.29 is 14.3 Å². The molecule has 1 amide bonds. The Labute approximate surface area is 122 Å². The fourth-order valence-corrected chi connectivity index (χ4v) is 2.19. The molecule has 1 aliphatic rings. The second kappa shape index (κ2) is 9.08. The number of carbonyl (C=O) groups excluding carboxylic acids is 2. The molecule has 20 heavy (non-hydrogen) atoms. The highest BCUT2D eigenvalue weighted by Gasteiger charge is 2.19. The molecule has 1 rings (SSSR count). The first-order chi connectivity index (χ1) is 9.54. The molecule has 116 valence electrons. The van der Waals surface area contributed by atoms with Gasteiger partial charge in [0.05, 0.1) is 19.6 Å². The van der Waals surface area contributed by atoms with Crippen molar-refractivity contribution >= 4 is 11.7 Å². The summed E-state index contributed by atoms with van der Waals surface area (Å²) in [6, 6.07) is 0. The molecular formula is C15H28N2O3. The van der Waals surface area contributed by atoms with E-state index in [9.17, 15) is 9.59 Å². The molecule has 0 atom stereocenters. The SMILES string of the molecule is CCN1CCN(C(=O)CCOCCC(=O)C(C)C)CC1. The Morgan fingerprint density at radius 3 is 2.20 bits per heavy atom. The number of nitrogens with zero attached hydrogens (tertiary/aromatic N) is 2. The van der Waals surface area contributed by atoms with E-state index >= 15 is 0 Å². The van der Waals surface area contributed by atoms with Crippen LogP contribution in [0.4, 0.5) is 0 Å². The number of Topliss-reactive ketones (excluding diaryl/α,β-unsaturated/α-hetero) is 1. The highest BCUT2D eigenvalue weighted by atomic mass is 16.5. The summed E-state index contributed by atoms with van der Waals surface area (Å²) in [5, 5.41) is 0. The van der Waals surface area contributed by atoms with Gasteiger partial charge in [0.1, 0.15) is 5.78 Å². The molecule has 0 radical (unpaired) electrons. The molecule has 0 aliphatic carbocycles. The third-order valence-electron chi connectivity index (χ3n) is 3.77. The van der Waals surface area contributed by atoms with E-state index < -0.39 is 0 Å². The van der Waals surface area contributed by atoms with Gasteiger partial charge in [0.25, 0.3) is 0 Å². The number of hydrogen-bond acceptors (Lipinski definition) is 4. The summed E-state index contributed by atoms with van der Waals surface area (Å²) in [6.45, 7) is 11.4. The van der Waals surface area contributed by atoms with E-state index in [-0.39, 0.29) is 17.6 Å². The van der Waals surface area contributed by atoms with Gasteiger partial charge in [-0.2, -0.15) is 0 Å². The molecule has 0 aromatic carbocycles. The van der Waals surface area contributed by atoms with E-state index in [1.807, 2.05) is 18.7 Å². The quantitative estimate of drug-likeness (QED) is 0.628. The van der Waals surface area contributed by atoms with Crippen LogP contribution in [0.5, 0.6) is 0 Å². The molecule has 0 saturated carbocycles. The normalized spacial score (nSPS) is 16.7.